The van der Waals surface area contributed by atoms with Gasteiger partial charge in [0.15, 0.2) is 11.2 Å². The molecule has 0 aliphatic rings. The molecule has 0 radical (unpaired) electrons. The second-order valence-corrected chi connectivity index (χ2v) is 6.25. The van der Waals surface area contributed by atoms with Crippen LogP contribution in [0.3, 0.4) is 0 Å². The maximum Gasteiger partial charge on any atom is 0.400 e. The van der Waals surface area contributed by atoms with Crippen LogP contribution in [0.15, 0.2) is 35.4 Å². The van der Waals surface area contributed by atoms with Crippen LogP contribution in [0.5, 0.6) is 0 Å². The fraction of sp³-hybridized carbons (Fsp3) is 0.0714. The monoisotopic (exact) mass is 345 g/mol. The van der Waals surface area contributed by atoms with E-state index in [1.165, 1.54) is 6.33 Å². The van der Waals surface area contributed by atoms with Gasteiger partial charge in [0.25, 0.3) is 5.56 Å². The highest BCUT2D eigenvalue weighted by molar-refractivity contribution is 7.57. The quantitative estimate of drug-likeness (QED) is 0.384. The maximum absolute atomic E-state index is 11.8. The fourth-order valence-electron chi connectivity index (χ4n) is 2.18. The van der Waals surface area contributed by atoms with Gasteiger partial charge in [0, 0.05) is 11.2 Å². The molecule has 9 nitrogen and oxygen atoms in total. The van der Waals surface area contributed by atoms with Crippen molar-refractivity contribution in [2.45, 2.75) is 6.54 Å². The number of aromatic amines is 1. The van der Waals surface area contributed by atoms with Gasteiger partial charge in [-0.15, -0.1) is 0 Å². The average molecular weight is 345 g/mol. The number of fused-ring (bicyclic) bond motifs is 1. The van der Waals surface area contributed by atoms with Gasteiger partial charge in [-0.2, -0.15) is 4.98 Å². The normalized spacial score (nSPS) is 11.2. The number of nitrogen functional groups attached to an aromatic ring is 1. The van der Waals surface area contributed by atoms with Crippen LogP contribution in [0.25, 0.3) is 11.2 Å². The standard InChI is InChI=1S/C14H12N5O4P/c15-14-17-12-11(13(20)18-14)16-8-19(12)7-10-4-2-1-3-9(10)5-6-24(21,22)23/h1-4,8H,7H2,(H2,21,22,23)(H3,15,17,18,20). The lowest BCUT2D eigenvalue weighted by atomic mass is 10.1. The zero-order valence-corrected chi connectivity index (χ0v) is 13.1. The third kappa shape index (κ3) is 3.36. The van der Waals surface area contributed by atoms with E-state index in [9.17, 15) is 9.36 Å². The van der Waals surface area contributed by atoms with E-state index in [-0.39, 0.29) is 18.0 Å². The first-order valence-corrected chi connectivity index (χ1v) is 8.32. The van der Waals surface area contributed by atoms with Gasteiger partial charge in [0.2, 0.25) is 5.95 Å². The molecule has 5 N–H and O–H groups in total. The minimum atomic E-state index is -4.43. The fourth-order valence-corrected chi connectivity index (χ4v) is 2.45. The molecule has 0 atom stereocenters. The van der Waals surface area contributed by atoms with Crippen LogP contribution in [-0.2, 0) is 11.1 Å². The lowest BCUT2D eigenvalue weighted by molar-refractivity contribution is 0.388. The van der Waals surface area contributed by atoms with E-state index in [0.29, 0.717) is 16.8 Å². The van der Waals surface area contributed by atoms with Crippen molar-refractivity contribution in [2.24, 2.45) is 0 Å². The smallest absolute Gasteiger partial charge is 0.369 e. The third-order valence-corrected chi connectivity index (χ3v) is 3.59. The number of anilines is 1. The molecule has 24 heavy (non-hydrogen) atoms. The van der Waals surface area contributed by atoms with Gasteiger partial charge in [0.05, 0.1) is 12.9 Å². The topological polar surface area (TPSA) is 147 Å². The van der Waals surface area contributed by atoms with E-state index in [0.717, 1.165) is 0 Å². The largest absolute Gasteiger partial charge is 0.400 e. The van der Waals surface area contributed by atoms with Gasteiger partial charge in [-0.25, -0.2) is 9.55 Å². The zero-order chi connectivity index (χ0) is 17.3. The Kier molecular flexibility index (Phi) is 3.95. The van der Waals surface area contributed by atoms with Crippen molar-refractivity contribution in [1.29, 1.82) is 0 Å². The molecule has 0 spiro atoms. The maximum atomic E-state index is 11.8. The van der Waals surface area contributed by atoms with E-state index in [1.54, 1.807) is 28.8 Å². The summed E-state index contributed by atoms with van der Waals surface area (Å²) < 4.78 is 12.5. The van der Waals surface area contributed by atoms with Gasteiger partial charge in [-0.1, -0.05) is 24.1 Å². The van der Waals surface area contributed by atoms with E-state index >= 15 is 0 Å². The van der Waals surface area contributed by atoms with Crippen LogP contribution in [0, 0.1) is 11.6 Å². The summed E-state index contributed by atoms with van der Waals surface area (Å²) in [6.07, 6.45) is 1.44. The second-order valence-electron chi connectivity index (χ2n) is 4.93. The van der Waals surface area contributed by atoms with Gasteiger partial charge >= 0.3 is 7.60 Å². The Bertz CT molecular complexity index is 1090. The molecule has 3 aromatic rings. The second kappa shape index (κ2) is 5.94. The Morgan fingerprint density at radius 3 is 2.83 bits per heavy atom. The molecule has 2 aromatic heterocycles. The van der Waals surface area contributed by atoms with Gasteiger partial charge in [-0.3, -0.25) is 9.78 Å². The van der Waals surface area contributed by atoms with Gasteiger partial charge in [0.1, 0.15) is 0 Å². The van der Waals surface area contributed by atoms with E-state index < -0.39 is 13.2 Å². The molecule has 0 amide bonds. The minimum Gasteiger partial charge on any atom is -0.369 e. The first-order valence-electron chi connectivity index (χ1n) is 6.71. The highest BCUT2D eigenvalue weighted by atomic mass is 31.2. The molecule has 1 aromatic carbocycles. The predicted octanol–water partition coefficient (Wildman–Crippen LogP) is 0.237. The molecule has 0 aliphatic carbocycles. The van der Waals surface area contributed by atoms with Crippen LogP contribution in [-0.4, -0.2) is 29.3 Å². The highest BCUT2D eigenvalue weighted by Gasteiger charge is 2.11. The van der Waals surface area contributed by atoms with Crippen LogP contribution < -0.4 is 11.3 Å². The molecule has 10 heteroatoms. The summed E-state index contributed by atoms with van der Waals surface area (Å²) in [6.45, 7) is 0.262. The number of H-pyrrole nitrogens is 1. The van der Waals surface area contributed by atoms with Crippen LogP contribution >= 0.6 is 7.60 Å². The summed E-state index contributed by atoms with van der Waals surface area (Å²) in [5, 5.41) is 0. The Hall–Kier alpha value is -2.92. The molecule has 3 rings (SSSR count). The Balaban J connectivity index is 2.05. The summed E-state index contributed by atoms with van der Waals surface area (Å²) in [6, 6.07) is 6.88. The molecular formula is C14H12N5O4P. The molecule has 0 unspecified atom stereocenters. The lowest BCUT2D eigenvalue weighted by Gasteiger charge is -2.06. The summed E-state index contributed by atoms with van der Waals surface area (Å²) in [5.41, 5.74) is 8.65. The third-order valence-electron chi connectivity index (χ3n) is 3.19. The molecule has 2 heterocycles. The Morgan fingerprint density at radius 1 is 1.33 bits per heavy atom. The minimum absolute atomic E-state index is 0.0242. The number of nitrogens with zero attached hydrogens (tertiary/aromatic N) is 3. The van der Waals surface area contributed by atoms with Crippen molar-refractivity contribution in [3.05, 3.63) is 52.1 Å². The lowest BCUT2D eigenvalue weighted by Crippen LogP contribution is -2.12. The number of benzene rings is 1. The summed E-state index contributed by atoms with van der Waals surface area (Å²) in [5.74, 6) is 2.45. The SMILES string of the molecule is Nc1nc2c(ncn2Cc2ccccc2C#CP(=O)(O)O)c(=O)[nH]1. The number of imidazole rings is 1. The van der Waals surface area contributed by atoms with Crippen LogP contribution in [0.2, 0.25) is 0 Å². The molecule has 0 saturated carbocycles. The number of hydrogen-bond donors (Lipinski definition) is 4. The average Bonchev–Trinajstić information content (AvgIpc) is 2.89. The van der Waals surface area contributed by atoms with Crippen molar-refractivity contribution >= 4 is 24.7 Å². The van der Waals surface area contributed by atoms with Crippen molar-refractivity contribution in [3.63, 3.8) is 0 Å². The summed E-state index contributed by atoms with van der Waals surface area (Å²) in [4.78, 5) is 40.0. The number of nitrogens with one attached hydrogen (secondary N) is 1. The van der Waals surface area contributed by atoms with Crippen LogP contribution in [0.1, 0.15) is 11.1 Å². The molecule has 0 aliphatic heterocycles. The van der Waals surface area contributed by atoms with Crippen LogP contribution in [0.4, 0.5) is 5.95 Å². The number of hydrogen-bond acceptors (Lipinski definition) is 5. The number of aromatic nitrogens is 4. The Labute approximate surface area is 135 Å². The number of rotatable bonds is 2. The zero-order valence-electron chi connectivity index (χ0n) is 12.2. The Morgan fingerprint density at radius 2 is 2.08 bits per heavy atom. The van der Waals surface area contributed by atoms with Crippen molar-refractivity contribution < 1.29 is 14.4 Å². The van der Waals surface area contributed by atoms with Crippen molar-refractivity contribution in [2.75, 3.05) is 5.73 Å². The van der Waals surface area contributed by atoms with E-state index in [4.69, 9.17) is 15.5 Å². The molecule has 0 fully saturated rings. The first-order chi connectivity index (χ1) is 11.3. The van der Waals surface area contributed by atoms with Gasteiger partial charge < -0.3 is 20.1 Å². The predicted molar refractivity (Wildman–Crippen MR) is 87.0 cm³/mol. The first kappa shape index (κ1) is 16.0. The molecule has 0 saturated heterocycles. The van der Waals surface area contributed by atoms with E-state index in [2.05, 4.69) is 20.9 Å². The van der Waals surface area contributed by atoms with E-state index in [1.807, 2.05) is 5.66 Å². The van der Waals surface area contributed by atoms with Gasteiger partial charge in [-0.05, 0) is 11.6 Å². The van der Waals surface area contributed by atoms with Crippen molar-refractivity contribution in [1.82, 2.24) is 19.5 Å². The summed E-state index contributed by atoms with van der Waals surface area (Å²) in [7, 11) is -4.43. The number of nitrogens with two attached hydrogens (primary N) is 1. The highest BCUT2D eigenvalue weighted by Crippen LogP contribution is 2.32. The van der Waals surface area contributed by atoms with Crippen molar-refractivity contribution in [3.8, 4) is 11.6 Å². The molecule has 122 valence electrons. The molecular weight excluding hydrogens is 333 g/mol. The molecule has 0 bridgehead atoms. The summed E-state index contributed by atoms with van der Waals surface area (Å²) >= 11 is 0.